The van der Waals surface area contributed by atoms with E-state index in [1.54, 1.807) is 6.07 Å². The Morgan fingerprint density at radius 2 is 1.96 bits per heavy atom. The number of benzene rings is 2. The van der Waals surface area contributed by atoms with Crippen molar-refractivity contribution in [2.24, 2.45) is 5.92 Å². The summed E-state index contributed by atoms with van der Waals surface area (Å²) in [6.07, 6.45) is 4.50. The first-order chi connectivity index (χ1) is 12.5. The summed E-state index contributed by atoms with van der Waals surface area (Å²) in [5.74, 6) is -0.527. The van der Waals surface area contributed by atoms with Gasteiger partial charge in [-0.25, -0.2) is 8.78 Å². The van der Waals surface area contributed by atoms with Gasteiger partial charge in [0.1, 0.15) is 11.6 Å². The van der Waals surface area contributed by atoms with E-state index in [-0.39, 0.29) is 16.7 Å². The summed E-state index contributed by atoms with van der Waals surface area (Å²) >= 11 is 7.24. The molecule has 0 radical (unpaired) electrons. The third-order valence-corrected chi connectivity index (χ3v) is 6.35. The highest BCUT2D eigenvalue weighted by molar-refractivity contribution is 8.00. The lowest BCUT2D eigenvalue weighted by Gasteiger charge is -2.12. The number of thioether (sulfide) groups is 1. The van der Waals surface area contributed by atoms with E-state index in [0.29, 0.717) is 27.3 Å². The number of halogens is 3. The van der Waals surface area contributed by atoms with E-state index in [0.717, 1.165) is 19.3 Å². The molecule has 0 aliphatic heterocycles. The Hall–Kier alpha value is -1.59. The van der Waals surface area contributed by atoms with Crippen LogP contribution < -0.4 is 5.32 Å². The maximum absolute atomic E-state index is 14.2. The Morgan fingerprint density at radius 3 is 2.65 bits per heavy atom. The number of hydrogen-bond acceptors (Lipinski definition) is 2. The molecule has 6 heteroatoms. The molecular weight excluding hydrogens is 376 g/mol. The van der Waals surface area contributed by atoms with Crippen molar-refractivity contribution in [2.45, 2.75) is 42.8 Å². The molecule has 0 bridgehead atoms. The molecule has 2 aromatic carbocycles. The number of anilines is 1. The van der Waals surface area contributed by atoms with Gasteiger partial charge in [-0.3, -0.25) is 4.79 Å². The lowest BCUT2D eigenvalue weighted by atomic mass is 10.1. The van der Waals surface area contributed by atoms with Crippen LogP contribution in [0.1, 0.15) is 43.0 Å². The topological polar surface area (TPSA) is 29.1 Å². The zero-order valence-corrected chi connectivity index (χ0v) is 16.0. The van der Waals surface area contributed by atoms with Gasteiger partial charge >= 0.3 is 0 Å². The molecule has 138 valence electrons. The van der Waals surface area contributed by atoms with Gasteiger partial charge in [0.05, 0.1) is 5.02 Å². The molecule has 2 unspecified atom stereocenters. The number of carbonyl (C=O) groups is 1. The molecular formula is C20H20ClF2NOS. The Kier molecular flexibility index (Phi) is 6.20. The van der Waals surface area contributed by atoms with Gasteiger partial charge in [0.2, 0.25) is 0 Å². The van der Waals surface area contributed by atoms with Gasteiger partial charge in [0.15, 0.2) is 0 Å². The minimum absolute atomic E-state index is 0.0649. The predicted molar refractivity (Wildman–Crippen MR) is 103 cm³/mol. The molecule has 1 aliphatic rings. The van der Waals surface area contributed by atoms with Gasteiger partial charge < -0.3 is 5.32 Å². The summed E-state index contributed by atoms with van der Waals surface area (Å²) in [6, 6.07) is 8.32. The van der Waals surface area contributed by atoms with Crippen LogP contribution in [-0.2, 0) is 0 Å². The third kappa shape index (κ3) is 4.57. The van der Waals surface area contributed by atoms with Gasteiger partial charge in [0.25, 0.3) is 5.91 Å². The van der Waals surface area contributed by atoms with E-state index < -0.39 is 5.82 Å². The number of carbonyl (C=O) groups excluding carboxylic acids is 1. The lowest BCUT2D eigenvalue weighted by molar-refractivity contribution is 0.102. The highest BCUT2D eigenvalue weighted by Crippen LogP contribution is 2.40. The van der Waals surface area contributed by atoms with Gasteiger partial charge in [0, 0.05) is 21.4 Å². The molecule has 3 rings (SSSR count). The van der Waals surface area contributed by atoms with Crippen molar-refractivity contribution < 1.29 is 13.6 Å². The Balaban J connectivity index is 1.71. The molecule has 0 saturated heterocycles. The Morgan fingerprint density at radius 1 is 1.19 bits per heavy atom. The molecule has 2 nitrogen and oxygen atoms in total. The second-order valence-electron chi connectivity index (χ2n) is 6.56. The van der Waals surface area contributed by atoms with Crippen molar-refractivity contribution >= 4 is 35.0 Å². The van der Waals surface area contributed by atoms with E-state index in [2.05, 4.69) is 12.2 Å². The van der Waals surface area contributed by atoms with Crippen molar-refractivity contribution in [3.8, 4) is 0 Å². The van der Waals surface area contributed by atoms with Crippen molar-refractivity contribution in [2.75, 3.05) is 5.32 Å². The molecule has 1 saturated carbocycles. The van der Waals surface area contributed by atoms with Crippen LogP contribution in [0.15, 0.2) is 41.3 Å². The average Bonchev–Trinajstić information content (AvgIpc) is 3.07. The molecule has 0 spiro atoms. The fraction of sp³-hybridized carbons (Fsp3) is 0.350. The van der Waals surface area contributed by atoms with Crippen LogP contribution in [0, 0.1) is 17.6 Å². The van der Waals surface area contributed by atoms with Crippen LogP contribution in [0.5, 0.6) is 0 Å². The largest absolute Gasteiger partial charge is 0.322 e. The fourth-order valence-corrected chi connectivity index (χ4v) is 4.74. The van der Waals surface area contributed by atoms with Crippen LogP contribution in [0.3, 0.4) is 0 Å². The van der Waals surface area contributed by atoms with E-state index in [4.69, 9.17) is 11.6 Å². The highest BCUT2D eigenvalue weighted by Gasteiger charge is 2.25. The summed E-state index contributed by atoms with van der Waals surface area (Å²) in [5.41, 5.74) is 0.751. The summed E-state index contributed by atoms with van der Waals surface area (Å²) in [6.45, 7) is 2.19. The Labute approximate surface area is 161 Å². The number of rotatable bonds is 5. The van der Waals surface area contributed by atoms with E-state index >= 15 is 0 Å². The first-order valence-electron chi connectivity index (χ1n) is 8.69. The minimum atomic E-state index is -0.549. The molecule has 0 heterocycles. The second kappa shape index (κ2) is 8.40. The van der Waals surface area contributed by atoms with Crippen molar-refractivity contribution in [1.29, 1.82) is 0 Å². The van der Waals surface area contributed by atoms with Gasteiger partial charge in [-0.1, -0.05) is 24.9 Å². The molecule has 1 N–H and O–H groups in total. The number of amides is 1. The molecule has 2 atom stereocenters. The molecule has 1 fully saturated rings. The first-order valence-corrected chi connectivity index (χ1v) is 9.94. The minimum Gasteiger partial charge on any atom is -0.322 e. The van der Waals surface area contributed by atoms with Crippen molar-refractivity contribution in [3.05, 3.63) is 58.6 Å². The Bertz CT molecular complexity index is 814. The molecule has 0 aromatic heterocycles. The predicted octanol–water partition coefficient (Wildman–Crippen LogP) is 6.54. The van der Waals surface area contributed by atoms with Crippen LogP contribution in [0.2, 0.25) is 5.02 Å². The first kappa shape index (κ1) is 19.2. The summed E-state index contributed by atoms with van der Waals surface area (Å²) in [4.78, 5) is 12.9. The SMILES string of the molecule is CCC1CCC(Sc2cc(C(=O)Nc3ccc(F)c(Cl)c3)ccc2F)C1. The molecule has 2 aromatic rings. The monoisotopic (exact) mass is 395 g/mol. The third-order valence-electron chi connectivity index (χ3n) is 4.73. The van der Waals surface area contributed by atoms with E-state index in [1.807, 2.05) is 0 Å². The maximum atomic E-state index is 14.2. The second-order valence-corrected chi connectivity index (χ2v) is 8.30. The van der Waals surface area contributed by atoms with E-state index in [1.165, 1.54) is 48.5 Å². The standard InChI is InChI=1S/C20H20ClF2NOS/c1-2-12-3-6-15(9-12)26-19-10-13(4-7-18(19)23)20(25)24-14-5-8-17(22)16(21)11-14/h4-5,7-8,10-12,15H,2-3,6,9H2,1H3,(H,24,25). The zero-order valence-electron chi connectivity index (χ0n) is 14.4. The van der Waals surface area contributed by atoms with Gasteiger partial charge in [-0.2, -0.15) is 0 Å². The lowest BCUT2D eigenvalue weighted by Crippen LogP contribution is -2.12. The van der Waals surface area contributed by atoms with Gasteiger partial charge in [-0.05, 0) is 61.6 Å². The number of hydrogen-bond donors (Lipinski definition) is 1. The van der Waals surface area contributed by atoms with Crippen molar-refractivity contribution in [1.82, 2.24) is 0 Å². The molecule has 1 amide bonds. The normalized spacial score (nSPS) is 19.5. The quantitative estimate of drug-likeness (QED) is 0.622. The summed E-state index contributed by atoms with van der Waals surface area (Å²) < 4.78 is 27.4. The van der Waals surface area contributed by atoms with Crippen LogP contribution in [-0.4, -0.2) is 11.2 Å². The zero-order chi connectivity index (χ0) is 18.7. The fourth-order valence-electron chi connectivity index (χ4n) is 3.20. The van der Waals surface area contributed by atoms with E-state index in [9.17, 15) is 13.6 Å². The summed E-state index contributed by atoms with van der Waals surface area (Å²) in [5, 5.41) is 2.99. The molecule has 26 heavy (non-hydrogen) atoms. The molecule has 1 aliphatic carbocycles. The summed E-state index contributed by atoms with van der Waals surface area (Å²) in [7, 11) is 0. The van der Waals surface area contributed by atoms with Crippen LogP contribution in [0.25, 0.3) is 0 Å². The van der Waals surface area contributed by atoms with Gasteiger partial charge in [-0.15, -0.1) is 11.8 Å². The number of nitrogens with one attached hydrogen (secondary N) is 1. The highest BCUT2D eigenvalue weighted by atomic mass is 35.5. The van der Waals surface area contributed by atoms with Crippen molar-refractivity contribution in [3.63, 3.8) is 0 Å². The van der Waals surface area contributed by atoms with Crippen LogP contribution >= 0.6 is 23.4 Å². The van der Waals surface area contributed by atoms with Crippen LogP contribution in [0.4, 0.5) is 14.5 Å². The average molecular weight is 396 g/mol. The maximum Gasteiger partial charge on any atom is 0.255 e. The smallest absolute Gasteiger partial charge is 0.255 e.